The molecule has 23 heavy (non-hydrogen) atoms. The molecule has 0 saturated carbocycles. The van der Waals surface area contributed by atoms with Gasteiger partial charge >= 0.3 is 0 Å². The zero-order valence-electron chi connectivity index (χ0n) is 12.6. The molecule has 1 aromatic carbocycles. The molecule has 3 rings (SSSR count). The number of benzene rings is 1. The lowest BCUT2D eigenvalue weighted by Crippen LogP contribution is -2.25. The molecule has 1 amide bonds. The minimum atomic E-state index is -0.102. The number of thiazole rings is 1. The lowest BCUT2D eigenvalue weighted by atomic mass is 10.2. The number of carbonyl (C=O) groups excluding carboxylic acids is 1. The Kier molecular flexibility index (Phi) is 4.68. The molecule has 0 bridgehead atoms. The first kappa shape index (κ1) is 15.2. The van der Waals surface area contributed by atoms with Crippen LogP contribution in [0.15, 0.2) is 48.1 Å². The average Bonchev–Trinajstić information content (AvgIpc) is 3.26. The van der Waals surface area contributed by atoms with E-state index in [1.54, 1.807) is 42.3 Å². The van der Waals surface area contributed by atoms with E-state index in [0.717, 1.165) is 16.6 Å². The number of ether oxygens (including phenoxy) is 1. The van der Waals surface area contributed by atoms with Gasteiger partial charge in [-0.25, -0.2) is 9.67 Å². The van der Waals surface area contributed by atoms with Crippen LogP contribution in [0.4, 0.5) is 0 Å². The standard InChI is InChI=1S/C16H16N4O2S/c1-22-14-5-3-12(4-6-14)15(21)17-9-7-13-11-23-16(19-13)20-10-2-8-18-20/h2-6,8,10-11H,7,9H2,1H3,(H,17,21). The summed E-state index contributed by atoms with van der Waals surface area (Å²) in [5.74, 6) is 0.630. The van der Waals surface area contributed by atoms with Gasteiger partial charge in [-0.05, 0) is 30.3 Å². The monoisotopic (exact) mass is 328 g/mol. The maximum atomic E-state index is 12.0. The number of nitrogens with one attached hydrogen (secondary N) is 1. The summed E-state index contributed by atoms with van der Waals surface area (Å²) in [4.78, 5) is 16.5. The van der Waals surface area contributed by atoms with Gasteiger partial charge in [0.05, 0.1) is 12.8 Å². The number of methoxy groups -OCH3 is 1. The second-order valence-corrected chi connectivity index (χ2v) is 5.64. The summed E-state index contributed by atoms with van der Waals surface area (Å²) in [6.07, 6.45) is 4.25. The van der Waals surface area contributed by atoms with Crippen LogP contribution in [0.2, 0.25) is 0 Å². The maximum absolute atomic E-state index is 12.0. The number of aromatic nitrogens is 3. The molecule has 0 aliphatic rings. The van der Waals surface area contributed by atoms with Crippen molar-refractivity contribution in [1.82, 2.24) is 20.1 Å². The van der Waals surface area contributed by atoms with Gasteiger partial charge in [0, 0.05) is 36.3 Å². The zero-order chi connectivity index (χ0) is 16.1. The molecule has 0 aliphatic carbocycles. The highest BCUT2D eigenvalue weighted by molar-refractivity contribution is 7.12. The lowest BCUT2D eigenvalue weighted by molar-refractivity contribution is 0.0954. The van der Waals surface area contributed by atoms with E-state index < -0.39 is 0 Å². The average molecular weight is 328 g/mol. The first-order valence-corrected chi connectivity index (χ1v) is 8.01. The van der Waals surface area contributed by atoms with Crippen molar-refractivity contribution < 1.29 is 9.53 Å². The molecule has 7 heteroatoms. The van der Waals surface area contributed by atoms with Crippen LogP contribution >= 0.6 is 11.3 Å². The summed E-state index contributed by atoms with van der Waals surface area (Å²) in [5, 5.41) is 9.85. The number of hydrogen-bond donors (Lipinski definition) is 1. The Morgan fingerprint density at radius 1 is 1.35 bits per heavy atom. The maximum Gasteiger partial charge on any atom is 0.251 e. The molecule has 0 unspecified atom stereocenters. The highest BCUT2D eigenvalue weighted by Gasteiger charge is 2.07. The van der Waals surface area contributed by atoms with E-state index in [1.807, 2.05) is 17.6 Å². The van der Waals surface area contributed by atoms with Crippen molar-refractivity contribution in [2.45, 2.75) is 6.42 Å². The molecule has 2 heterocycles. The molecular formula is C16H16N4O2S. The van der Waals surface area contributed by atoms with Gasteiger partial charge in [-0.3, -0.25) is 4.79 Å². The highest BCUT2D eigenvalue weighted by Crippen LogP contribution is 2.14. The molecule has 0 fully saturated rings. The quantitative estimate of drug-likeness (QED) is 0.754. The van der Waals surface area contributed by atoms with E-state index in [0.29, 0.717) is 18.5 Å². The fraction of sp³-hybridized carbons (Fsp3) is 0.188. The normalized spacial score (nSPS) is 10.5. The van der Waals surface area contributed by atoms with Gasteiger partial charge in [-0.1, -0.05) is 0 Å². The number of hydrogen-bond acceptors (Lipinski definition) is 5. The summed E-state index contributed by atoms with van der Waals surface area (Å²) in [7, 11) is 1.60. The Bertz CT molecular complexity index is 766. The summed E-state index contributed by atoms with van der Waals surface area (Å²) in [6, 6.07) is 8.88. The third kappa shape index (κ3) is 3.75. The molecule has 3 aromatic rings. The van der Waals surface area contributed by atoms with Gasteiger partial charge in [0.15, 0.2) is 0 Å². The summed E-state index contributed by atoms with van der Waals surface area (Å²) < 4.78 is 6.80. The predicted molar refractivity (Wildman–Crippen MR) is 88.3 cm³/mol. The van der Waals surface area contributed by atoms with Crippen LogP contribution in [-0.4, -0.2) is 34.3 Å². The summed E-state index contributed by atoms with van der Waals surface area (Å²) >= 11 is 1.53. The third-order valence-corrected chi connectivity index (χ3v) is 4.14. The van der Waals surface area contributed by atoms with Gasteiger partial charge in [0.2, 0.25) is 5.13 Å². The number of amides is 1. The van der Waals surface area contributed by atoms with E-state index in [1.165, 1.54) is 11.3 Å². The lowest BCUT2D eigenvalue weighted by Gasteiger charge is -2.05. The third-order valence-electron chi connectivity index (χ3n) is 3.26. The molecule has 2 aromatic heterocycles. The minimum Gasteiger partial charge on any atom is -0.497 e. The van der Waals surface area contributed by atoms with Crippen LogP contribution in [0, 0.1) is 0 Å². The van der Waals surface area contributed by atoms with Crippen LogP contribution in [0.1, 0.15) is 16.1 Å². The van der Waals surface area contributed by atoms with E-state index in [9.17, 15) is 4.79 Å². The van der Waals surface area contributed by atoms with Gasteiger partial charge in [-0.2, -0.15) is 5.10 Å². The van der Waals surface area contributed by atoms with Crippen molar-refractivity contribution in [3.8, 4) is 10.9 Å². The van der Waals surface area contributed by atoms with Gasteiger partial charge in [0.1, 0.15) is 5.75 Å². The van der Waals surface area contributed by atoms with E-state index in [2.05, 4.69) is 15.4 Å². The van der Waals surface area contributed by atoms with E-state index >= 15 is 0 Å². The molecule has 0 atom stereocenters. The molecule has 118 valence electrons. The molecule has 0 radical (unpaired) electrons. The second-order valence-electron chi connectivity index (χ2n) is 4.81. The van der Waals surface area contributed by atoms with Gasteiger partial charge < -0.3 is 10.1 Å². The van der Waals surface area contributed by atoms with Crippen LogP contribution < -0.4 is 10.1 Å². The minimum absolute atomic E-state index is 0.102. The Labute approximate surface area is 137 Å². The number of carbonyl (C=O) groups is 1. The smallest absolute Gasteiger partial charge is 0.251 e. The van der Waals surface area contributed by atoms with Crippen LogP contribution in [0.25, 0.3) is 5.13 Å². The largest absolute Gasteiger partial charge is 0.497 e. The number of nitrogens with zero attached hydrogens (tertiary/aromatic N) is 3. The van der Waals surface area contributed by atoms with E-state index in [4.69, 9.17) is 4.74 Å². The van der Waals surface area contributed by atoms with Crippen molar-refractivity contribution in [2.75, 3.05) is 13.7 Å². The first-order chi connectivity index (χ1) is 11.3. The Hall–Kier alpha value is -2.67. The van der Waals surface area contributed by atoms with Gasteiger partial charge in [0.25, 0.3) is 5.91 Å². The topological polar surface area (TPSA) is 69.0 Å². The molecule has 6 nitrogen and oxygen atoms in total. The Balaban J connectivity index is 1.51. The van der Waals surface area contributed by atoms with Crippen LogP contribution in [0.5, 0.6) is 5.75 Å². The second kappa shape index (κ2) is 7.06. The SMILES string of the molecule is COc1ccc(C(=O)NCCc2csc(-n3cccn3)n2)cc1. The van der Waals surface area contributed by atoms with Crippen LogP contribution in [-0.2, 0) is 6.42 Å². The van der Waals surface area contributed by atoms with Gasteiger partial charge in [-0.15, -0.1) is 11.3 Å². The van der Waals surface area contributed by atoms with Crippen molar-refractivity contribution >= 4 is 17.2 Å². The summed E-state index contributed by atoms with van der Waals surface area (Å²) in [5.41, 5.74) is 1.55. The molecule has 0 aliphatic heterocycles. The molecule has 1 N–H and O–H groups in total. The zero-order valence-corrected chi connectivity index (χ0v) is 13.4. The highest BCUT2D eigenvalue weighted by atomic mass is 32.1. The Morgan fingerprint density at radius 2 is 2.17 bits per heavy atom. The fourth-order valence-corrected chi connectivity index (χ4v) is 2.84. The molecular weight excluding hydrogens is 312 g/mol. The van der Waals surface area contributed by atoms with Crippen molar-refractivity contribution in [3.05, 3.63) is 59.4 Å². The summed E-state index contributed by atoms with van der Waals surface area (Å²) in [6.45, 7) is 0.535. The fourth-order valence-electron chi connectivity index (χ4n) is 2.05. The van der Waals surface area contributed by atoms with Crippen LogP contribution in [0.3, 0.4) is 0 Å². The predicted octanol–water partition coefficient (Wildman–Crippen LogP) is 2.31. The Morgan fingerprint density at radius 3 is 2.87 bits per heavy atom. The molecule has 0 saturated heterocycles. The van der Waals surface area contributed by atoms with Crippen molar-refractivity contribution in [2.24, 2.45) is 0 Å². The van der Waals surface area contributed by atoms with E-state index in [-0.39, 0.29) is 5.91 Å². The number of rotatable bonds is 6. The first-order valence-electron chi connectivity index (χ1n) is 7.13. The van der Waals surface area contributed by atoms with Crippen molar-refractivity contribution in [3.63, 3.8) is 0 Å². The van der Waals surface area contributed by atoms with Crippen molar-refractivity contribution in [1.29, 1.82) is 0 Å². The molecule has 0 spiro atoms.